The molecule has 2 aliphatic rings. The fourth-order valence-corrected chi connectivity index (χ4v) is 4.33. The Labute approximate surface area is 115 Å². The Morgan fingerprint density at radius 3 is 2.83 bits per heavy atom. The van der Waals surface area contributed by atoms with E-state index in [0.717, 1.165) is 31.6 Å². The standard InChI is InChI=1S/C15H26O2S/c1-14(2,3)13(16)5-4-12-6-8-17-15(10-12)7-9-18-11-15/h12H,4-11H2,1-3H3. The lowest BCUT2D eigenvalue weighted by molar-refractivity contribution is -0.127. The van der Waals surface area contributed by atoms with Gasteiger partial charge in [-0.05, 0) is 37.4 Å². The summed E-state index contributed by atoms with van der Waals surface area (Å²) in [4.78, 5) is 12.0. The molecule has 0 bridgehead atoms. The first kappa shape index (κ1) is 14.4. The van der Waals surface area contributed by atoms with Crippen molar-refractivity contribution in [2.75, 3.05) is 18.1 Å². The zero-order chi connectivity index (χ0) is 13.2. The monoisotopic (exact) mass is 270 g/mol. The molecular weight excluding hydrogens is 244 g/mol. The Morgan fingerprint density at radius 2 is 2.22 bits per heavy atom. The zero-order valence-corrected chi connectivity index (χ0v) is 12.8. The molecule has 2 nitrogen and oxygen atoms in total. The first-order valence-electron chi connectivity index (χ1n) is 7.16. The average Bonchev–Trinajstić information content (AvgIpc) is 2.73. The van der Waals surface area contributed by atoms with Crippen LogP contribution in [0.25, 0.3) is 0 Å². The van der Waals surface area contributed by atoms with Crippen molar-refractivity contribution in [2.24, 2.45) is 11.3 Å². The third kappa shape index (κ3) is 3.51. The Morgan fingerprint density at radius 1 is 1.44 bits per heavy atom. The van der Waals surface area contributed by atoms with E-state index in [2.05, 4.69) is 0 Å². The quantitative estimate of drug-likeness (QED) is 0.782. The third-order valence-corrected chi connectivity index (χ3v) is 5.50. The van der Waals surface area contributed by atoms with Gasteiger partial charge in [0, 0.05) is 24.2 Å². The summed E-state index contributed by atoms with van der Waals surface area (Å²) in [6.45, 7) is 6.96. The molecule has 104 valence electrons. The number of rotatable bonds is 3. The molecule has 0 aliphatic carbocycles. The van der Waals surface area contributed by atoms with Gasteiger partial charge in [0.05, 0.1) is 5.60 Å². The summed E-state index contributed by atoms with van der Waals surface area (Å²) in [5, 5.41) is 0. The second kappa shape index (κ2) is 5.54. The molecule has 0 aromatic carbocycles. The van der Waals surface area contributed by atoms with Crippen molar-refractivity contribution in [3.8, 4) is 0 Å². The molecule has 2 heterocycles. The molecule has 0 saturated carbocycles. The number of carbonyl (C=O) groups is 1. The van der Waals surface area contributed by atoms with Crippen LogP contribution in [0, 0.1) is 11.3 Å². The lowest BCUT2D eigenvalue weighted by Crippen LogP contribution is -2.40. The minimum absolute atomic E-state index is 0.165. The van der Waals surface area contributed by atoms with Gasteiger partial charge in [-0.25, -0.2) is 0 Å². The number of thioether (sulfide) groups is 1. The summed E-state index contributed by atoms with van der Waals surface area (Å²) < 4.78 is 6.02. The van der Waals surface area contributed by atoms with Gasteiger partial charge in [-0.2, -0.15) is 11.8 Å². The Balaban J connectivity index is 1.81. The third-order valence-electron chi connectivity index (χ3n) is 4.28. The maximum absolute atomic E-state index is 12.0. The predicted octanol–water partition coefficient (Wildman–Crippen LogP) is 3.68. The van der Waals surface area contributed by atoms with Crippen LogP contribution < -0.4 is 0 Å². The zero-order valence-electron chi connectivity index (χ0n) is 12.0. The summed E-state index contributed by atoms with van der Waals surface area (Å²) in [5.41, 5.74) is -0.00950. The van der Waals surface area contributed by atoms with Crippen molar-refractivity contribution in [3.05, 3.63) is 0 Å². The maximum atomic E-state index is 12.0. The molecular formula is C15H26O2S. The largest absolute Gasteiger partial charge is 0.374 e. The van der Waals surface area contributed by atoms with Gasteiger partial charge in [-0.3, -0.25) is 4.79 Å². The Bertz CT molecular complexity index is 300. The molecule has 0 amide bonds. The number of hydrogen-bond acceptors (Lipinski definition) is 3. The molecule has 2 atom stereocenters. The van der Waals surface area contributed by atoms with E-state index in [1.54, 1.807) is 0 Å². The van der Waals surface area contributed by atoms with E-state index in [1.165, 1.54) is 18.6 Å². The lowest BCUT2D eigenvalue weighted by Gasteiger charge is -2.38. The van der Waals surface area contributed by atoms with Gasteiger partial charge in [0.2, 0.25) is 0 Å². The van der Waals surface area contributed by atoms with Crippen molar-refractivity contribution >= 4 is 17.5 Å². The van der Waals surface area contributed by atoms with Crippen LogP contribution >= 0.6 is 11.8 Å². The van der Waals surface area contributed by atoms with E-state index in [4.69, 9.17) is 4.74 Å². The molecule has 2 aliphatic heterocycles. The molecule has 0 radical (unpaired) electrons. The van der Waals surface area contributed by atoms with Gasteiger partial charge in [0.25, 0.3) is 0 Å². The van der Waals surface area contributed by atoms with E-state index < -0.39 is 0 Å². The second-order valence-electron chi connectivity index (χ2n) is 6.90. The highest BCUT2D eigenvalue weighted by Crippen LogP contribution is 2.41. The summed E-state index contributed by atoms with van der Waals surface area (Å²) in [6, 6.07) is 0. The fraction of sp³-hybridized carbons (Fsp3) is 0.933. The Hall–Kier alpha value is -0.0200. The van der Waals surface area contributed by atoms with Gasteiger partial charge >= 0.3 is 0 Å². The summed E-state index contributed by atoms with van der Waals surface area (Å²) in [7, 11) is 0. The van der Waals surface area contributed by atoms with E-state index in [1.807, 2.05) is 32.5 Å². The molecule has 2 unspecified atom stereocenters. The van der Waals surface area contributed by atoms with Gasteiger partial charge in [0.15, 0.2) is 0 Å². The van der Waals surface area contributed by atoms with Crippen LogP contribution in [0.1, 0.15) is 52.9 Å². The highest BCUT2D eigenvalue weighted by atomic mass is 32.2. The highest BCUT2D eigenvalue weighted by molar-refractivity contribution is 7.99. The smallest absolute Gasteiger partial charge is 0.138 e. The molecule has 0 N–H and O–H groups in total. The van der Waals surface area contributed by atoms with Crippen molar-refractivity contribution in [1.29, 1.82) is 0 Å². The number of Topliss-reactive ketones (excluding diaryl/α,β-unsaturated/α-hetero) is 1. The first-order valence-corrected chi connectivity index (χ1v) is 8.32. The second-order valence-corrected chi connectivity index (χ2v) is 8.01. The number of ether oxygens (including phenoxy) is 1. The van der Waals surface area contributed by atoms with Crippen LogP contribution in [0.2, 0.25) is 0 Å². The minimum Gasteiger partial charge on any atom is -0.374 e. The predicted molar refractivity (Wildman–Crippen MR) is 77.0 cm³/mol. The summed E-state index contributed by atoms with van der Waals surface area (Å²) >= 11 is 2.02. The van der Waals surface area contributed by atoms with Crippen LogP contribution in [-0.2, 0) is 9.53 Å². The van der Waals surface area contributed by atoms with Crippen LogP contribution in [-0.4, -0.2) is 29.5 Å². The van der Waals surface area contributed by atoms with Gasteiger partial charge in [0.1, 0.15) is 5.78 Å². The molecule has 1 spiro atoms. The lowest BCUT2D eigenvalue weighted by atomic mass is 9.80. The van der Waals surface area contributed by atoms with Crippen LogP contribution in [0.15, 0.2) is 0 Å². The van der Waals surface area contributed by atoms with Gasteiger partial charge in [-0.1, -0.05) is 20.8 Å². The fourth-order valence-electron chi connectivity index (χ4n) is 2.95. The normalized spacial score (nSPS) is 32.9. The van der Waals surface area contributed by atoms with Gasteiger partial charge < -0.3 is 4.74 Å². The van der Waals surface area contributed by atoms with E-state index in [9.17, 15) is 4.79 Å². The molecule has 2 rings (SSSR count). The van der Waals surface area contributed by atoms with Crippen molar-refractivity contribution in [3.63, 3.8) is 0 Å². The van der Waals surface area contributed by atoms with Crippen molar-refractivity contribution in [1.82, 2.24) is 0 Å². The highest BCUT2D eigenvalue weighted by Gasteiger charge is 2.40. The van der Waals surface area contributed by atoms with Crippen molar-refractivity contribution < 1.29 is 9.53 Å². The summed E-state index contributed by atoms with van der Waals surface area (Å²) in [6.07, 6.45) is 5.34. The molecule has 3 heteroatoms. The minimum atomic E-state index is -0.175. The van der Waals surface area contributed by atoms with Crippen molar-refractivity contribution in [2.45, 2.75) is 58.5 Å². The Kier molecular flexibility index (Phi) is 4.43. The number of ketones is 1. The summed E-state index contributed by atoms with van der Waals surface area (Å²) in [5.74, 6) is 3.51. The van der Waals surface area contributed by atoms with Crippen LogP contribution in [0.3, 0.4) is 0 Å². The first-order chi connectivity index (χ1) is 8.41. The van der Waals surface area contributed by atoms with Crippen LogP contribution in [0.5, 0.6) is 0 Å². The molecule has 2 saturated heterocycles. The van der Waals surface area contributed by atoms with Crippen LogP contribution in [0.4, 0.5) is 0 Å². The van der Waals surface area contributed by atoms with E-state index in [-0.39, 0.29) is 11.0 Å². The number of carbonyl (C=O) groups excluding carboxylic acids is 1. The number of hydrogen-bond donors (Lipinski definition) is 0. The molecule has 2 fully saturated rings. The SMILES string of the molecule is CC(C)(C)C(=O)CCC1CCOC2(CCSC2)C1. The molecule has 0 aromatic heterocycles. The molecule has 0 aromatic rings. The van der Waals surface area contributed by atoms with E-state index >= 15 is 0 Å². The average molecular weight is 270 g/mol. The topological polar surface area (TPSA) is 26.3 Å². The van der Waals surface area contributed by atoms with E-state index in [0.29, 0.717) is 11.7 Å². The molecule has 18 heavy (non-hydrogen) atoms. The maximum Gasteiger partial charge on any atom is 0.138 e. The van der Waals surface area contributed by atoms with Gasteiger partial charge in [-0.15, -0.1) is 0 Å².